The molecule has 0 N–H and O–H groups in total. The molecule has 4 aliphatic rings. The van der Waals surface area contributed by atoms with E-state index in [2.05, 4.69) is 77.8 Å². The van der Waals surface area contributed by atoms with Gasteiger partial charge in [0.05, 0.1) is 13.2 Å². The fourth-order valence-corrected chi connectivity index (χ4v) is 3.22. The zero-order valence-corrected chi connectivity index (χ0v) is 28.2. The maximum Gasteiger partial charge on any atom is 0.0785 e. The molecule has 0 atom stereocenters. The van der Waals surface area contributed by atoms with Gasteiger partial charge in [0.1, 0.15) is 0 Å². The van der Waals surface area contributed by atoms with Crippen LogP contribution in [-0.4, -0.2) is 24.3 Å². The van der Waals surface area contributed by atoms with Crippen molar-refractivity contribution in [3.05, 3.63) is 0 Å². The number of hydrogen-bond donors (Lipinski definition) is 0. The van der Waals surface area contributed by atoms with E-state index >= 15 is 0 Å². The van der Waals surface area contributed by atoms with Crippen LogP contribution < -0.4 is 0 Å². The number of halogens is 4. The van der Waals surface area contributed by atoms with Gasteiger partial charge < -0.3 is 0 Å². The van der Waals surface area contributed by atoms with Crippen molar-refractivity contribution in [2.24, 2.45) is 23.7 Å². The van der Waals surface area contributed by atoms with E-state index in [1.807, 2.05) is 10.8 Å². The summed E-state index contributed by atoms with van der Waals surface area (Å²) in [6.45, 7) is 10.7. The Morgan fingerprint density at radius 1 is 0.618 bits per heavy atom. The van der Waals surface area contributed by atoms with E-state index in [9.17, 15) is 4.39 Å². The van der Waals surface area contributed by atoms with Gasteiger partial charge in [0.2, 0.25) is 0 Å². The minimum atomic E-state index is 0. The molecule has 4 saturated carbocycles. The molecule has 0 aromatic carbocycles. The Morgan fingerprint density at radius 3 is 0.853 bits per heavy atom. The van der Waals surface area contributed by atoms with Gasteiger partial charge in [0.15, 0.2) is 0 Å². The second-order valence-electron chi connectivity index (χ2n) is 9.08. The molecule has 4 rings (SSSR count). The lowest BCUT2D eigenvalue weighted by Crippen LogP contribution is -2.04. The minimum absolute atomic E-state index is 0. The Bertz CT molecular complexity index is 323. The van der Waals surface area contributed by atoms with E-state index in [-0.39, 0.29) is 7.43 Å². The predicted molar refractivity (Wildman–Crippen MR) is 173 cm³/mol. The summed E-state index contributed by atoms with van der Waals surface area (Å²) >= 11 is 9.73. The van der Waals surface area contributed by atoms with Gasteiger partial charge in [-0.15, -0.1) is 11.6 Å². The van der Waals surface area contributed by atoms with E-state index in [1.165, 1.54) is 103 Å². The van der Waals surface area contributed by atoms with Crippen LogP contribution in [-0.2, 0) is 0 Å². The molecule has 1 nitrogen and oxygen atoms in total. The summed E-state index contributed by atoms with van der Waals surface area (Å²) < 4.78 is 9.50. The van der Waals surface area contributed by atoms with Crippen molar-refractivity contribution in [1.29, 1.82) is 5.26 Å². The van der Waals surface area contributed by atoms with Crippen LogP contribution in [0.2, 0.25) is 0 Å². The first kappa shape index (κ1) is 48.0. The highest BCUT2D eigenvalue weighted by atomic mass is 127. The predicted octanol–water partition coefficient (Wildman–Crippen LogP) is 12.7. The molecule has 212 valence electrons. The molecule has 34 heavy (non-hydrogen) atoms. The van der Waals surface area contributed by atoms with Crippen molar-refractivity contribution in [2.75, 3.05) is 24.3 Å². The number of hydrogen-bond acceptors (Lipinski definition) is 1. The van der Waals surface area contributed by atoms with Crippen LogP contribution in [0.15, 0.2) is 0 Å². The maximum absolute atomic E-state index is 9.50. The summed E-state index contributed by atoms with van der Waals surface area (Å²) in [4.78, 5) is 1.97. The first-order valence-corrected chi connectivity index (χ1v) is 17.3. The average Bonchev–Trinajstić information content (AvgIpc) is 3.49. The van der Waals surface area contributed by atoms with E-state index < -0.39 is 0 Å². The molecule has 0 heterocycles. The topological polar surface area (TPSA) is 23.8 Å². The minimum Gasteiger partial charge on any atom is -0.255 e. The van der Waals surface area contributed by atoms with E-state index in [4.69, 9.17) is 5.26 Å². The molecule has 0 aromatic heterocycles. The molecule has 0 aliphatic heterocycles. The molecule has 4 aliphatic carbocycles. The van der Waals surface area contributed by atoms with Crippen LogP contribution in [0.4, 0.5) is 4.39 Å². The number of nitrogens with zero attached hydrogens (tertiary/aromatic N) is 1. The molecule has 0 bridgehead atoms. The summed E-state index contributed by atoms with van der Waals surface area (Å²) in [5.74, 6) is 6.04. The molecular formula is C29H63BrClFIN. The summed E-state index contributed by atoms with van der Waals surface area (Å²) in [5.41, 5.74) is 0. The van der Waals surface area contributed by atoms with Crippen LogP contribution in [0.5, 0.6) is 0 Å². The fourth-order valence-electron chi connectivity index (χ4n) is 3.22. The first-order chi connectivity index (χ1) is 16.0. The van der Waals surface area contributed by atoms with Gasteiger partial charge >= 0.3 is 0 Å². The molecule has 0 saturated heterocycles. The lowest BCUT2D eigenvalue weighted by molar-refractivity contribution is 0.346. The van der Waals surface area contributed by atoms with Gasteiger partial charge in [-0.05, 0) is 34.4 Å². The second-order valence-corrected chi connectivity index (χ2v) is 9.08. The van der Waals surface area contributed by atoms with Gasteiger partial charge in [-0.25, -0.2) is 0 Å². The largest absolute Gasteiger partial charge is 0.255 e. The van der Waals surface area contributed by atoms with Crippen molar-refractivity contribution in [3.63, 3.8) is 0 Å². The average molecular weight is 687 g/mol. The molecule has 4 fully saturated rings. The lowest BCUT2D eigenvalue weighted by atomic mass is 9.88. The van der Waals surface area contributed by atoms with E-state index in [1.54, 1.807) is 6.07 Å². The highest BCUT2D eigenvalue weighted by molar-refractivity contribution is 14.1. The van der Waals surface area contributed by atoms with Crippen LogP contribution in [0.3, 0.4) is 0 Å². The summed E-state index contributed by atoms with van der Waals surface area (Å²) in [6, 6.07) is 1.75. The number of rotatable bonds is 0. The Balaban J connectivity index is -0.0000000678. The zero-order valence-electron chi connectivity index (χ0n) is 23.7. The Labute approximate surface area is 244 Å². The quantitative estimate of drug-likeness (QED) is 0.184. The summed E-state index contributed by atoms with van der Waals surface area (Å²) in [7, 11) is 0.500. The molecule has 5 heteroatoms. The maximum atomic E-state index is 9.50. The Kier molecular flexibility index (Phi) is 66.6. The van der Waals surface area contributed by atoms with Crippen LogP contribution in [0.25, 0.3) is 0 Å². The fraction of sp³-hybridized carbons (Fsp3) is 0.966. The monoisotopic (exact) mass is 685 g/mol. The molecule has 0 spiro atoms. The van der Waals surface area contributed by atoms with Crippen molar-refractivity contribution < 1.29 is 4.39 Å². The third-order valence-corrected chi connectivity index (χ3v) is 5.80. The molecule has 0 amide bonds. The highest BCUT2D eigenvalue weighted by Crippen LogP contribution is 2.26. The number of alkyl halides is 4. The van der Waals surface area contributed by atoms with Crippen LogP contribution in [0, 0.1) is 35.0 Å². The SMILES string of the molecule is C.CBr.CC#N.CC1CC1.CC1CCC1.CC1CCCC1.CC1CCCCC1.CCl.CF.CI. The van der Waals surface area contributed by atoms with Crippen molar-refractivity contribution in [1.82, 2.24) is 0 Å². The smallest absolute Gasteiger partial charge is 0.0785 e. The van der Waals surface area contributed by atoms with Crippen molar-refractivity contribution in [3.8, 4) is 6.07 Å². The Hall–Kier alpha value is 0.920. The third-order valence-electron chi connectivity index (χ3n) is 5.80. The normalized spacial score (nSPS) is 17.5. The van der Waals surface area contributed by atoms with Gasteiger partial charge in [0.25, 0.3) is 0 Å². The molecule has 0 aromatic rings. The number of nitriles is 1. The Morgan fingerprint density at radius 2 is 0.794 bits per heavy atom. The van der Waals surface area contributed by atoms with Gasteiger partial charge in [0, 0.05) is 13.3 Å². The zero-order chi connectivity index (χ0) is 26.9. The summed E-state index contributed by atoms with van der Waals surface area (Å²) in [5, 5.41) is 7.32. The lowest BCUT2D eigenvalue weighted by Gasteiger charge is -2.18. The first-order valence-electron chi connectivity index (χ1n) is 12.8. The van der Waals surface area contributed by atoms with Crippen molar-refractivity contribution >= 4 is 50.1 Å². The standard InChI is InChI=1S/C7H14.C6H12.C5H10.C4H8.C2H3N.CH3Br.CH3Cl.CH3F.CH3I.CH4/c1-7-5-3-2-4-6-7;1-6-4-2-3-5-6;1-5-3-2-4-5;1-4-2-3-4;1-2-3;4*1-2;/h7H,2-6H2,1H3;6H,2-5H2,1H3;5H,2-4H2,1H3;4H,2-3H2,1H3;1H3;4*1H3;1H4. The summed E-state index contributed by atoms with van der Waals surface area (Å²) in [6.07, 6.45) is 22.3. The van der Waals surface area contributed by atoms with Gasteiger partial charge in [-0.1, -0.05) is 164 Å². The van der Waals surface area contributed by atoms with Crippen LogP contribution in [0.1, 0.15) is 132 Å². The third kappa shape index (κ3) is 54.0. The van der Waals surface area contributed by atoms with Gasteiger partial charge in [-0.3, -0.25) is 4.39 Å². The van der Waals surface area contributed by atoms with E-state index in [0.29, 0.717) is 7.18 Å². The molecule has 0 radical (unpaired) electrons. The van der Waals surface area contributed by atoms with Crippen LogP contribution >= 0.6 is 50.1 Å². The highest BCUT2D eigenvalue weighted by Gasteiger charge is 2.12. The van der Waals surface area contributed by atoms with E-state index in [0.717, 1.165) is 23.7 Å². The second kappa shape index (κ2) is 47.2. The molecule has 0 unspecified atom stereocenters. The van der Waals surface area contributed by atoms with Crippen molar-refractivity contribution in [2.45, 2.75) is 132 Å². The van der Waals surface area contributed by atoms with Gasteiger partial charge in [-0.2, -0.15) is 5.26 Å². The molecular weight excluding hydrogens is 624 g/mol.